The fourth-order valence-electron chi connectivity index (χ4n) is 2.91. The lowest BCUT2D eigenvalue weighted by Crippen LogP contribution is -2.26. The number of nitrogens with zero attached hydrogens (tertiary/aromatic N) is 1. The normalized spacial score (nSPS) is 11.2. The van der Waals surface area contributed by atoms with Crippen LogP contribution in [0.25, 0.3) is 21.8 Å². The third kappa shape index (κ3) is 8.13. The standard InChI is InChI=1S/C21H27N3O2.3ClH/c22-10-3-4-11-25-19(15-23)9-12-26-18-8-7-17-13-16-5-1-2-6-20(16)24-21(17)14-18;;;/h1-2,5-8,13-14,19H,3-4,9-12,15,22-23H2;3*1H. The van der Waals surface area contributed by atoms with Gasteiger partial charge in [0.15, 0.2) is 0 Å². The van der Waals surface area contributed by atoms with Crippen LogP contribution in [0.5, 0.6) is 5.75 Å². The van der Waals surface area contributed by atoms with Gasteiger partial charge in [-0.25, -0.2) is 4.98 Å². The van der Waals surface area contributed by atoms with Gasteiger partial charge in [-0.2, -0.15) is 0 Å². The van der Waals surface area contributed by atoms with E-state index in [2.05, 4.69) is 12.1 Å². The van der Waals surface area contributed by atoms with Crippen LogP contribution in [0.15, 0.2) is 48.5 Å². The van der Waals surface area contributed by atoms with Crippen LogP contribution in [0.3, 0.4) is 0 Å². The maximum atomic E-state index is 5.89. The topological polar surface area (TPSA) is 83.4 Å². The molecule has 0 spiro atoms. The summed E-state index contributed by atoms with van der Waals surface area (Å²) in [5.41, 5.74) is 13.2. The number of unbranched alkanes of at least 4 members (excludes halogenated alkanes) is 1. The molecular formula is C21H30Cl3N3O2. The van der Waals surface area contributed by atoms with Crippen molar-refractivity contribution >= 4 is 59.0 Å². The first kappa shape index (κ1) is 27.7. The van der Waals surface area contributed by atoms with Crippen molar-refractivity contribution in [2.75, 3.05) is 26.3 Å². The van der Waals surface area contributed by atoms with Crippen molar-refractivity contribution < 1.29 is 9.47 Å². The van der Waals surface area contributed by atoms with Crippen molar-refractivity contribution in [2.45, 2.75) is 25.4 Å². The Labute approximate surface area is 190 Å². The van der Waals surface area contributed by atoms with E-state index in [0.29, 0.717) is 26.3 Å². The summed E-state index contributed by atoms with van der Waals surface area (Å²) in [4.78, 5) is 4.72. The zero-order valence-electron chi connectivity index (χ0n) is 16.3. The Morgan fingerprint density at radius 3 is 2.34 bits per heavy atom. The number of aromatic nitrogens is 1. The summed E-state index contributed by atoms with van der Waals surface area (Å²) in [6, 6.07) is 16.3. The number of hydrogen-bond acceptors (Lipinski definition) is 5. The van der Waals surface area contributed by atoms with E-state index < -0.39 is 0 Å². The highest BCUT2D eigenvalue weighted by molar-refractivity contribution is 5.93. The van der Waals surface area contributed by atoms with Crippen LogP contribution < -0.4 is 16.2 Å². The summed E-state index contributed by atoms with van der Waals surface area (Å²) in [5.74, 6) is 0.819. The van der Waals surface area contributed by atoms with Gasteiger partial charge in [0, 0.05) is 36.4 Å². The van der Waals surface area contributed by atoms with Crippen molar-refractivity contribution in [1.29, 1.82) is 0 Å². The molecule has 0 saturated heterocycles. The second-order valence-corrected chi connectivity index (χ2v) is 6.40. The van der Waals surface area contributed by atoms with E-state index in [-0.39, 0.29) is 43.3 Å². The van der Waals surface area contributed by atoms with E-state index in [1.807, 2.05) is 36.4 Å². The van der Waals surface area contributed by atoms with Crippen molar-refractivity contribution in [3.63, 3.8) is 0 Å². The van der Waals surface area contributed by atoms with Crippen LogP contribution in [0.4, 0.5) is 0 Å². The molecule has 0 radical (unpaired) electrons. The Morgan fingerprint density at radius 1 is 0.828 bits per heavy atom. The summed E-state index contributed by atoms with van der Waals surface area (Å²) in [5, 5.41) is 2.25. The lowest BCUT2D eigenvalue weighted by molar-refractivity contribution is 0.0420. The van der Waals surface area contributed by atoms with Gasteiger partial charge < -0.3 is 20.9 Å². The molecule has 1 atom stereocenters. The molecule has 5 nitrogen and oxygen atoms in total. The molecule has 0 amide bonds. The number of ether oxygens (including phenoxy) is 2. The third-order valence-electron chi connectivity index (χ3n) is 4.41. The van der Waals surface area contributed by atoms with Crippen LogP contribution in [0.1, 0.15) is 19.3 Å². The predicted molar refractivity (Wildman–Crippen MR) is 128 cm³/mol. The number of pyridine rings is 1. The molecule has 3 aromatic rings. The highest BCUT2D eigenvalue weighted by atomic mass is 35.5. The molecular weight excluding hydrogens is 433 g/mol. The maximum absolute atomic E-state index is 5.89. The lowest BCUT2D eigenvalue weighted by Gasteiger charge is -2.16. The van der Waals surface area contributed by atoms with Gasteiger partial charge in [-0.1, -0.05) is 18.2 Å². The minimum atomic E-state index is 0. The first-order valence-corrected chi connectivity index (χ1v) is 9.24. The van der Waals surface area contributed by atoms with Crippen molar-refractivity contribution in [1.82, 2.24) is 4.98 Å². The molecule has 0 aliphatic heterocycles. The highest BCUT2D eigenvalue weighted by Gasteiger charge is 2.08. The van der Waals surface area contributed by atoms with Gasteiger partial charge in [0.25, 0.3) is 0 Å². The average Bonchev–Trinajstić information content (AvgIpc) is 2.68. The number of nitrogens with two attached hydrogens (primary N) is 2. The Bertz CT molecular complexity index is 852. The molecule has 4 N–H and O–H groups in total. The van der Waals surface area contributed by atoms with Crippen LogP contribution in [0.2, 0.25) is 0 Å². The lowest BCUT2D eigenvalue weighted by atomic mass is 10.1. The molecule has 0 saturated carbocycles. The number of rotatable bonds is 10. The van der Waals surface area contributed by atoms with Crippen molar-refractivity contribution in [2.24, 2.45) is 11.5 Å². The molecule has 162 valence electrons. The molecule has 0 fully saturated rings. The Hall–Kier alpha value is -1.34. The van der Waals surface area contributed by atoms with Gasteiger partial charge in [0.2, 0.25) is 0 Å². The second-order valence-electron chi connectivity index (χ2n) is 6.40. The van der Waals surface area contributed by atoms with Crippen LogP contribution in [-0.4, -0.2) is 37.4 Å². The zero-order valence-corrected chi connectivity index (χ0v) is 18.7. The summed E-state index contributed by atoms with van der Waals surface area (Å²) < 4.78 is 11.7. The fraction of sp³-hybridized carbons (Fsp3) is 0.381. The monoisotopic (exact) mass is 461 g/mol. The molecule has 0 aliphatic rings. The summed E-state index contributed by atoms with van der Waals surface area (Å²) in [6.07, 6.45) is 2.74. The van der Waals surface area contributed by atoms with Gasteiger partial charge in [0.05, 0.1) is 23.7 Å². The van der Waals surface area contributed by atoms with Gasteiger partial charge in [-0.3, -0.25) is 0 Å². The van der Waals surface area contributed by atoms with Crippen molar-refractivity contribution in [3.8, 4) is 5.75 Å². The first-order chi connectivity index (χ1) is 12.8. The summed E-state index contributed by atoms with van der Waals surface area (Å²) in [6.45, 7) is 2.46. The van der Waals surface area contributed by atoms with E-state index in [0.717, 1.165) is 46.8 Å². The fourth-order valence-corrected chi connectivity index (χ4v) is 2.91. The first-order valence-electron chi connectivity index (χ1n) is 9.24. The molecule has 8 heteroatoms. The molecule has 3 rings (SSSR count). The summed E-state index contributed by atoms with van der Waals surface area (Å²) in [7, 11) is 0. The minimum absolute atomic E-state index is 0. The van der Waals surface area contributed by atoms with Crippen LogP contribution in [-0.2, 0) is 4.74 Å². The van der Waals surface area contributed by atoms with Crippen LogP contribution in [0, 0.1) is 0 Å². The largest absolute Gasteiger partial charge is 0.493 e. The molecule has 29 heavy (non-hydrogen) atoms. The van der Waals surface area contributed by atoms with Gasteiger partial charge in [0.1, 0.15) is 5.75 Å². The number of halogens is 3. The molecule has 1 aromatic heterocycles. The summed E-state index contributed by atoms with van der Waals surface area (Å²) >= 11 is 0. The molecule has 0 bridgehead atoms. The number of fused-ring (bicyclic) bond motifs is 2. The molecule has 1 unspecified atom stereocenters. The van der Waals surface area contributed by atoms with Gasteiger partial charge in [-0.05, 0) is 43.7 Å². The van der Waals surface area contributed by atoms with E-state index in [4.69, 9.17) is 25.9 Å². The highest BCUT2D eigenvalue weighted by Crippen LogP contribution is 2.23. The zero-order chi connectivity index (χ0) is 18.2. The maximum Gasteiger partial charge on any atom is 0.121 e. The number of para-hydroxylation sites is 1. The van der Waals surface area contributed by atoms with E-state index in [9.17, 15) is 0 Å². The second kappa shape index (κ2) is 14.6. The minimum Gasteiger partial charge on any atom is -0.493 e. The number of benzene rings is 2. The quantitative estimate of drug-likeness (QED) is 0.342. The Morgan fingerprint density at radius 2 is 1.59 bits per heavy atom. The van der Waals surface area contributed by atoms with E-state index in [1.54, 1.807) is 0 Å². The smallest absolute Gasteiger partial charge is 0.121 e. The van der Waals surface area contributed by atoms with Gasteiger partial charge in [-0.15, -0.1) is 37.2 Å². The van der Waals surface area contributed by atoms with Crippen LogP contribution >= 0.6 is 37.2 Å². The van der Waals surface area contributed by atoms with Crippen molar-refractivity contribution in [3.05, 3.63) is 48.5 Å². The Kier molecular flexibility index (Phi) is 13.9. The van der Waals surface area contributed by atoms with E-state index >= 15 is 0 Å². The average molecular weight is 463 g/mol. The molecule has 2 aromatic carbocycles. The SMILES string of the molecule is Cl.Cl.Cl.NCCCCOC(CN)CCOc1ccc2cc3ccccc3nc2c1. The van der Waals surface area contributed by atoms with Gasteiger partial charge >= 0.3 is 0 Å². The van der Waals surface area contributed by atoms with E-state index in [1.165, 1.54) is 0 Å². The Balaban J connectivity index is 0.00000261. The molecule has 0 aliphatic carbocycles. The number of hydrogen-bond donors (Lipinski definition) is 2. The molecule has 1 heterocycles. The third-order valence-corrected chi connectivity index (χ3v) is 4.41. The predicted octanol–water partition coefficient (Wildman–Crippen LogP) is 4.51.